The van der Waals surface area contributed by atoms with Crippen LogP contribution in [0, 0.1) is 5.92 Å². The van der Waals surface area contributed by atoms with E-state index >= 15 is 0 Å². The van der Waals surface area contributed by atoms with Crippen molar-refractivity contribution in [2.75, 3.05) is 0 Å². The quantitative estimate of drug-likeness (QED) is 0.119. The zero-order chi connectivity index (χ0) is 33.5. The Labute approximate surface area is 238 Å². The molecule has 1 aromatic carbocycles. The molecule has 1 aromatic heterocycles. The molecule has 1 N–H and O–H groups in total. The van der Waals surface area contributed by atoms with Gasteiger partial charge >= 0.3 is 51.7 Å². The van der Waals surface area contributed by atoms with Gasteiger partial charge in [-0.15, -0.1) is 0 Å². The molecule has 1 saturated carbocycles. The SMILES string of the molecule is O=C(OC(C(F)(F)F)C(F)(F)S(=O)(=O)ON=C(c1cc2ccccc2[nH]1)C(F)(F)C(F)(F)C(F)(F)C(F)F)C1CCCCC1. The molecule has 0 saturated heterocycles. The third-order valence-electron chi connectivity index (χ3n) is 6.50. The fourth-order valence-corrected chi connectivity index (χ4v) is 4.83. The van der Waals surface area contributed by atoms with Crippen molar-refractivity contribution >= 4 is 32.7 Å². The number of H-pyrrole nitrogens is 1. The number of rotatable bonds is 11. The molecule has 0 amide bonds. The van der Waals surface area contributed by atoms with Crippen LogP contribution < -0.4 is 0 Å². The summed E-state index contributed by atoms with van der Waals surface area (Å²) in [4.78, 5) is 14.0. The topological polar surface area (TPSA) is 97.8 Å². The number of hydrogen-bond donors (Lipinski definition) is 1. The Balaban J connectivity index is 2.11. The molecule has 1 atom stereocenters. The predicted octanol–water partition coefficient (Wildman–Crippen LogP) is 7.04. The summed E-state index contributed by atoms with van der Waals surface area (Å²) >= 11 is 0. The summed E-state index contributed by atoms with van der Waals surface area (Å²) in [6.07, 6.45) is -15.8. The maximum Gasteiger partial charge on any atom is 0.432 e. The van der Waals surface area contributed by atoms with E-state index in [1.54, 1.807) is 0 Å². The fourth-order valence-electron chi connectivity index (χ4n) is 4.12. The average molecular weight is 682 g/mol. The van der Waals surface area contributed by atoms with Gasteiger partial charge in [-0.1, -0.05) is 42.6 Å². The van der Waals surface area contributed by atoms with E-state index in [9.17, 15) is 70.3 Å². The molecule has 1 aliphatic carbocycles. The van der Waals surface area contributed by atoms with E-state index < -0.39 is 75.1 Å². The van der Waals surface area contributed by atoms with Crippen LogP contribution >= 0.6 is 0 Å². The minimum absolute atomic E-state index is 0.108. The number of fused-ring (bicyclic) bond motifs is 1. The van der Waals surface area contributed by atoms with Crippen molar-refractivity contribution in [1.82, 2.24) is 4.98 Å². The highest BCUT2D eigenvalue weighted by Gasteiger charge is 2.77. The van der Waals surface area contributed by atoms with Gasteiger partial charge in [0.2, 0.25) is 0 Å². The van der Waals surface area contributed by atoms with E-state index in [-0.39, 0.29) is 36.6 Å². The number of ether oxygens (including phenoxy) is 1. The summed E-state index contributed by atoms with van der Waals surface area (Å²) in [6, 6.07) is 4.90. The Hall–Kier alpha value is -3.26. The van der Waals surface area contributed by atoms with E-state index in [0.29, 0.717) is 12.5 Å². The third-order valence-corrected chi connectivity index (χ3v) is 7.66. The number of oxime groups is 1. The number of carbonyl (C=O) groups is 1. The van der Waals surface area contributed by atoms with E-state index in [1.165, 1.54) is 12.1 Å². The molecule has 248 valence electrons. The molecule has 3 rings (SSSR count). The van der Waals surface area contributed by atoms with Crippen molar-refractivity contribution < 1.29 is 79.3 Å². The van der Waals surface area contributed by atoms with Crippen LogP contribution in [-0.4, -0.2) is 66.8 Å². The molecular weight excluding hydrogens is 663 g/mol. The molecule has 21 heteroatoms. The van der Waals surface area contributed by atoms with Crippen LogP contribution in [0.4, 0.5) is 57.1 Å². The molecule has 2 aromatic rings. The third kappa shape index (κ3) is 6.42. The number of halogens is 13. The Morgan fingerprint density at radius 2 is 1.48 bits per heavy atom. The maximum absolute atomic E-state index is 14.9. The second-order valence-electron chi connectivity index (χ2n) is 9.57. The van der Waals surface area contributed by atoms with Gasteiger partial charge in [-0.3, -0.25) is 9.08 Å². The maximum atomic E-state index is 14.9. The van der Waals surface area contributed by atoms with Gasteiger partial charge in [0, 0.05) is 10.9 Å². The highest BCUT2D eigenvalue weighted by Crippen LogP contribution is 2.50. The lowest BCUT2D eigenvalue weighted by atomic mass is 9.89. The first-order valence-corrected chi connectivity index (χ1v) is 13.6. The summed E-state index contributed by atoms with van der Waals surface area (Å²) in [5, 5.41) is -4.75. The first-order valence-electron chi connectivity index (χ1n) is 12.1. The molecule has 0 aliphatic heterocycles. The van der Waals surface area contributed by atoms with Gasteiger partial charge in [-0.05, 0) is 25.0 Å². The molecule has 1 fully saturated rings. The standard InChI is InChI=1S/C23H19F13N2O5S/c24-18(25)20(28,29)23(35,36)19(26,27)15(14-10-12-8-4-5-9-13(12)37-14)38-43-44(40,41)22(33,34)17(21(30,31)32)42-16(39)11-6-2-1-3-7-11/h4-5,8-11,17-18,37H,1-3,6-7H2. The molecule has 1 aliphatic rings. The van der Waals surface area contributed by atoms with Crippen molar-refractivity contribution in [2.45, 2.75) is 73.8 Å². The second-order valence-corrected chi connectivity index (χ2v) is 11.2. The number of para-hydroxylation sites is 1. The number of alkyl halides is 13. The largest absolute Gasteiger partial charge is 0.444 e. The number of nitrogens with zero attached hydrogens (tertiary/aromatic N) is 1. The van der Waals surface area contributed by atoms with Gasteiger partial charge in [-0.25, -0.2) is 8.78 Å². The Morgan fingerprint density at radius 3 is 2.00 bits per heavy atom. The van der Waals surface area contributed by atoms with Crippen LogP contribution in [0.5, 0.6) is 0 Å². The van der Waals surface area contributed by atoms with Crippen LogP contribution in [0.1, 0.15) is 37.8 Å². The molecule has 44 heavy (non-hydrogen) atoms. The van der Waals surface area contributed by atoms with Gasteiger partial charge in [0.1, 0.15) is 0 Å². The van der Waals surface area contributed by atoms with Crippen LogP contribution in [0.15, 0.2) is 35.5 Å². The van der Waals surface area contributed by atoms with Gasteiger partial charge in [0.25, 0.3) is 6.10 Å². The van der Waals surface area contributed by atoms with Gasteiger partial charge < -0.3 is 9.72 Å². The molecular formula is C23H19F13N2O5S. The monoisotopic (exact) mass is 682 g/mol. The molecule has 0 radical (unpaired) electrons. The number of carbonyl (C=O) groups excluding carboxylic acids is 1. The number of aromatic nitrogens is 1. The highest BCUT2D eigenvalue weighted by atomic mass is 32.2. The van der Waals surface area contributed by atoms with Gasteiger partial charge in [-0.2, -0.15) is 56.7 Å². The number of hydrogen-bond acceptors (Lipinski definition) is 6. The number of aromatic amines is 1. The zero-order valence-corrected chi connectivity index (χ0v) is 22.3. The van der Waals surface area contributed by atoms with Crippen LogP contribution in [-0.2, 0) is 23.9 Å². The number of nitrogens with one attached hydrogen (secondary N) is 1. The van der Waals surface area contributed by atoms with Crippen molar-refractivity contribution in [3.63, 3.8) is 0 Å². The zero-order valence-electron chi connectivity index (χ0n) is 21.5. The predicted molar refractivity (Wildman–Crippen MR) is 123 cm³/mol. The van der Waals surface area contributed by atoms with Crippen molar-refractivity contribution in [3.05, 3.63) is 36.0 Å². The van der Waals surface area contributed by atoms with E-state index in [2.05, 4.69) is 9.02 Å². The molecule has 0 bridgehead atoms. The molecule has 1 unspecified atom stereocenters. The molecule has 7 nitrogen and oxygen atoms in total. The number of benzene rings is 1. The van der Waals surface area contributed by atoms with Gasteiger partial charge in [0.05, 0.1) is 11.6 Å². The van der Waals surface area contributed by atoms with Crippen LogP contribution in [0.3, 0.4) is 0 Å². The van der Waals surface area contributed by atoms with Crippen LogP contribution in [0.2, 0.25) is 0 Å². The highest BCUT2D eigenvalue weighted by molar-refractivity contribution is 7.87. The minimum atomic E-state index is -7.36. The Kier molecular flexibility index (Phi) is 9.54. The second kappa shape index (κ2) is 11.9. The first kappa shape index (κ1) is 35.2. The van der Waals surface area contributed by atoms with E-state index in [0.717, 1.165) is 12.1 Å². The van der Waals surface area contributed by atoms with Crippen molar-refractivity contribution in [1.29, 1.82) is 0 Å². The Bertz CT molecular complexity index is 1450. The lowest BCUT2D eigenvalue weighted by Crippen LogP contribution is -2.61. The Morgan fingerprint density at radius 1 is 0.909 bits per heavy atom. The molecule has 0 spiro atoms. The van der Waals surface area contributed by atoms with Crippen LogP contribution in [0.25, 0.3) is 10.9 Å². The molecule has 1 heterocycles. The summed E-state index contributed by atoms with van der Waals surface area (Å²) < 4.78 is 212. The van der Waals surface area contributed by atoms with Gasteiger partial charge in [0.15, 0.2) is 5.71 Å². The average Bonchev–Trinajstić information content (AvgIpc) is 3.34. The summed E-state index contributed by atoms with van der Waals surface area (Å²) in [6.45, 7) is 0. The summed E-state index contributed by atoms with van der Waals surface area (Å²) in [5.74, 6) is -23.9. The lowest BCUT2D eigenvalue weighted by molar-refractivity contribution is -0.319. The first-order chi connectivity index (χ1) is 20.0. The number of esters is 1. The van der Waals surface area contributed by atoms with Crippen molar-refractivity contribution in [2.24, 2.45) is 11.1 Å². The summed E-state index contributed by atoms with van der Waals surface area (Å²) in [5.41, 5.74) is -4.86. The fraction of sp³-hybridized carbons (Fsp3) is 0.565. The van der Waals surface area contributed by atoms with Crippen molar-refractivity contribution in [3.8, 4) is 0 Å². The summed E-state index contributed by atoms with van der Waals surface area (Å²) in [7, 11) is -7.36. The minimum Gasteiger partial charge on any atom is -0.444 e. The normalized spacial score (nSPS) is 17.6. The lowest BCUT2D eigenvalue weighted by Gasteiger charge is -2.32. The van der Waals surface area contributed by atoms with E-state index in [1.807, 2.05) is 10.1 Å². The van der Waals surface area contributed by atoms with E-state index in [4.69, 9.17) is 0 Å². The smallest absolute Gasteiger partial charge is 0.432 e.